The lowest BCUT2D eigenvalue weighted by molar-refractivity contribution is -0.117. The highest BCUT2D eigenvalue weighted by molar-refractivity contribution is 6.30. The molecule has 0 saturated heterocycles. The molecular weight excluding hydrogens is 466 g/mol. The second-order valence-electron chi connectivity index (χ2n) is 8.51. The van der Waals surface area contributed by atoms with Crippen LogP contribution < -0.4 is 14.8 Å². The van der Waals surface area contributed by atoms with Crippen molar-refractivity contribution >= 4 is 23.2 Å². The van der Waals surface area contributed by atoms with E-state index in [1.807, 2.05) is 61.5 Å². The van der Waals surface area contributed by atoms with Crippen molar-refractivity contribution in [2.75, 3.05) is 19.5 Å². The third-order valence-electron chi connectivity index (χ3n) is 6.33. The zero-order chi connectivity index (χ0) is 24.5. The van der Waals surface area contributed by atoms with E-state index in [1.165, 1.54) is 0 Å². The van der Waals surface area contributed by atoms with Crippen LogP contribution in [0.2, 0.25) is 5.02 Å². The monoisotopic (exact) mass is 489 g/mol. The molecule has 3 aromatic carbocycles. The van der Waals surface area contributed by atoms with Gasteiger partial charge >= 0.3 is 0 Å². The topological polar surface area (TPSA) is 102 Å². The first-order valence-corrected chi connectivity index (χ1v) is 11.5. The molecule has 1 heterocycles. The normalized spacial score (nSPS) is 16.6. The molecular formula is C26H24ClN5O3. The number of hydrogen-bond donors (Lipinski definition) is 2. The second kappa shape index (κ2) is 9.38. The quantitative estimate of drug-likeness (QED) is 0.367. The van der Waals surface area contributed by atoms with E-state index in [0.29, 0.717) is 28.0 Å². The summed E-state index contributed by atoms with van der Waals surface area (Å²) >= 11 is 6.00. The van der Waals surface area contributed by atoms with Gasteiger partial charge in [-0.05, 0) is 83.1 Å². The predicted molar refractivity (Wildman–Crippen MR) is 134 cm³/mol. The number of carbonyl (C=O) groups excluding carboxylic acids is 1. The predicted octanol–water partition coefficient (Wildman–Crippen LogP) is 5.25. The number of anilines is 1. The van der Waals surface area contributed by atoms with Crippen molar-refractivity contribution in [2.45, 2.75) is 19.3 Å². The summed E-state index contributed by atoms with van der Waals surface area (Å²) < 4.78 is 10.9. The fourth-order valence-electron chi connectivity index (χ4n) is 4.33. The number of nitrogens with one attached hydrogen (secondary N) is 2. The molecule has 1 fully saturated rings. The summed E-state index contributed by atoms with van der Waals surface area (Å²) in [6, 6.07) is 17.3. The molecule has 1 aromatic heterocycles. The van der Waals surface area contributed by atoms with Crippen LogP contribution in [0.15, 0.2) is 54.6 Å². The highest BCUT2D eigenvalue weighted by atomic mass is 35.5. The van der Waals surface area contributed by atoms with Gasteiger partial charge in [0.25, 0.3) is 0 Å². The number of amides is 1. The Bertz CT molecular complexity index is 1370. The molecule has 0 bridgehead atoms. The molecule has 1 aliphatic carbocycles. The first-order chi connectivity index (χ1) is 17.0. The maximum absolute atomic E-state index is 13.1. The summed E-state index contributed by atoms with van der Waals surface area (Å²) in [5, 5.41) is 18.4. The average molecular weight is 490 g/mol. The maximum Gasteiger partial charge on any atom is 0.228 e. The third-order valence-corrected chi connectivity index (χ3v) is 6.58. The summed E-state index contributed by atoms with van der Waals surface area (Å²) in [6.07, 6.45) is 0.813. The Morgan fingerprint density at radius 3 is 2.49 bits per heavy atom. The van der Waals surface area contributed by atoms with Gasteiger partial charge in [0.2, 0.25) is 11.7 Å². The Hall–Kier alpha value is -3.91. The summed E-state index contributed by atoms with van der Waals surface area (Å²) in [7, 11) is 3.20. The van der Waals surface area contributed by atoms with Crippen LogP contribution in [-0.2, 0) is 4.79 Å². The SMILES string of the molecule is COc1ccc(-c2cc(C)c(NC(=O)C3CC3c3ccc(Cl)cc3)cc2-c2nn[nH]n2)cc1OC. The minimum atomic E-state index is -0.0743. The van der Waals surface area contributed by atoms with Crippen LogP contribution in [0.4, 0.5) is 5.69 Å². The first-order valence-electron chi connectivity index (χ1n) is 11.2. The lowest BCUT2D eigenvalue weighted by Crippen LogP contribution is -2.15. The minimum Gasteiger partial charge on any atom is -0.493 e. The van der Waals surface area contributed by atoms with Gasteiger partial charge in [0.1, 0.15) is 0 Å². The number of methoxy groups -OCH3 is 2. The van der Waals surface area contributed by atoms with Gasteiger partial charge in [-0.15, -0.1) is 10.2 Å². The molecule has 1 saturated carbocycles. The molecule has 1 aliphatic rings. The van der Waals surface area contributed by atoms with Gasteiger partial charge in [0.05, 0.1) is 14.2 Å². The van der Waals surface area contributed by atoms with Gasteiger partial charge in [-0.25, -0.2) is 0 Å². The summed E-state index contributed by atoms with van der Waals surface area (Å²) in [5.41, 5.74) is 5.26. The third kappa shape index (κ3) is 4.57. The van der Waals surface area contributed by atoms with Crippen LogP contribution in [0.3, 0.4) is 0 Å². The molecule has 1 amide bonds. The Kier molecular flexibility index (Phi) is 6.13. The van der Waals surface area contributed by atoms with Gasteiger partial charge in [-0.2, -0.15) is 5.21 Å². The lowest BCUT2D eigenvalue weighted by Gasteiger charge is -2.16. The number of hydrogen-bond acceptors (Lipinski definition) is 6. The molecule has 8 nitrogen and oxygen atoms in total. The number of rotatable bonds is 7. The van der Waals surface area contributed by atoms with Crippen molar-refractivity contribution in [3.8, 4) is 34.0 Å². The molecule has 0 radical (unpaired) electrons. The fourth-order valence-corrected chi connectivity index (χ4v) is 4.46. The smallest absolute Gasteiger partial charge is 0.228 e. The van der Waals surface area contributed by atoms with Gasteiger partial charge in [0.15, 0.2) is 11.5 Å². The molecule has 0 spiro atoms. The summed E-state index contributed by atoms with van der Waals surface area (Å²) in [4.78, 5) is 13.1. The number of benzene rings is 3. The van der Waals surface area contributed by atoms with Crippen molar-refractivity contribution in [2.24, 2.45) is 5.92 Å². The van der Waals surface area contributed by atoms with Gasteiger partial charge in [0, 0.05) is 22.2 Å². The molecule has 35 heavy (non-hydrogen) atoms. The summed E-state index contributed by atoms with van der Waals surface area (Å²) in [6.45, 7) is 1.96. The van der Waals surface area contributed by atoms with Crippen LogP contribution >= 0.6 is 11.6 Å². The van der Waals surface area contributed by atoms with E-state index in [0.717, 1.165) is 34.2 Å². The Morgan fingerprint density at radius 2 is 1.80 bits per heavy atom. The van der Waals surface area contributed by atoms with Crippen LogP contribution in [-0.4, -0.2) is 40.8 Å². The molecule has 2 N–H and O–H groups in total. The lowest BCUT2D eigenvalue weighted by atomic mass is 9.95. The van der Waals surface area contributed by atoms with Gasteiger partial charge < -0.3 is 14.8 Å². The van der Waals surface area contributed by atoms with Crippen LogP contribution in [0.5, 0.6) is 11.5 Å². The number of ether oxygens (including phenoxy) is 2. The van der Waals surface area contributed by atoms with Crippen molar-refractivity contribution in [3.63, 3.8) is 0 Å². The number of H-pyrrole nitrogens is 1. The first kappa shape index (κ1) is 22.9. The zero-order valence-corrected chi connectivity index (χ0v) is 20.3. The number of aromatic amines is 1. The molecule has 9 heteroatoms. The van der Waals surface area contributed by atoms with E-state index >= 15 is 0 Å². The maximum atomic E-state index is 13.1. The van der Waals surface area contributed by atoms with E-state index in [9.17, 15) is 4.79 Å². The Morgan fingerprint density at radius 1 is 1.03 bits per heavy atom. The number of tetrazole rings is 1. The number of nitrogens with zero attached hydrogens (tertiary/aromatic N) is 3. The second-order valence-corrected chi connectivity index (χ2v) is 8.94. The fraction of sp³-hybridized carbons (Fsp3) is 0.231. The molecule has 4 aromatic rings. The van der Waals surface area contributed by atoms with Gasteiger partial charge in [-0.3, -0.25) is 4.79 Å². The van der Waals surface area contributed by atoms with E-state index in [4.69, 9.17) is 21.1 Å². The largest absolute Gasteiger partial charge is 0.493 e. The van der Waals surface area contributed by atoms with E-state index in [1.54, 1.807) is 14.2 Å². The van der Waals surface area contributed by atoms with E-state index < -0.39 is 0 Å². The summed E-state index contributed by atoms with van der Waals surface area (Å²) in [5.74, 6) is 1.80. The standard InChI is InChI=1S/C26H24ClN5O3/c1-14-10-18(16-6-9-23(34-2)24(11-16)35-3)20(25-29-31-32-30-25)13-22(14)28-26(33)21-12-19(21)15-4-7-17(27)8-5-15/h4-11,13,19,21H,12H2,1-3H3,(H,28,33)(H,29,30,31,32). The van der Waals surface area contributed by atoms with Crippen molar-refractivity contribution in [1.29, 1.82) is 0 Å². The minimum absolute atomic E-state index is 0.00835. The number of aryl methyl sites for hydroxylation is 1. The van der Waals surface area contributed by atoms with Crippen LogP contribution in [0, 0.1) is 12.8 Å². The molecule has 178 valence electrons. The van der Waals surface area contributed by atoms with E-state index in [-0.39, 0.29) is 17.7 Å². The van der Waals surface area contributed by atoms with E-state index in [2.05, 4.69) is 25.9 Å². The zero-order valence-electron chi connectivity index (χ0n) is 19.5. The highest BCUT2D eigenvalue weighted by Crippen LogP contribution is 2.48. The molecule has 5 rings (SSSR count). The number of aromatic nitrogens is 4. The Labute approximate surface area is 207 Å². The van der Waals surface area contributed by atoms with Crippen molar-refractivity contribution in [3.05, 3.63) is 70.7 Å². The number of halogens is 1. The highest BCUT2D eigenvalue weighted by Gasteiger charge is 2.44. The number of carbonyl (C=O) groups is 1. The molecule has 2 unspecified atom stereocenters. The van der Waals surface area contributed by atoms with Gasteiger partial charge in [-0.1, -0.05) is 29.8 Å². The Balaban J connectivity index is 1.46. The van der Waals surface area contributed by atoms with Crippen LogP contribution in [0.25, 0.3) is 22.5 Å². The van der Waals surface area contributed by atoms with Crippen molar-refractivity contribution in [1.82, 2.24) is 20.6 Å². The van der Waals surface area contributed by atoms with Crippen LogP contribution in [0.1, 0.15) is 23.5 Å². The molecule has 2 atom stereocenters. The average Bonchev–Trinajstić information content (AvgIpc) is 3.49. The molecule has 0 aliphatic heterocycles. The van der Waals surface area contributed by atoms with Crippen molar-refractivity contribution < 1.29 is 14.3 Å².